The number of carbonyl (C=O) groups is 2. The number of ether oxygens (including phenoxy) is 4. The third-order valence-electron chi connectivity index (χ3n) is 3.88. The van der Waals surface area contributed by atoms with Gasteiger partial charge in [-0.05, 0) is 13.3 Å². The van der Waals surface area contributed by atoms with Crippen LogP contribution in [-0.4, -0.2) is 76.1 Å². The predicted molar refractivity (Wildman–Crippen MR) is 88.6 cm³/mol. The highest BCUT2D eigenvalue weighted by atomic mass is 16.5. The molecule has 0 aromatic heterocycles. The first kappa shape index (κ1) is 20.9. The number of esters is 1. The van der Waals surface area contributed by atoms with Gasteiger partial charge in [-0.2, -0.15) is 0 Å². The second-order valence-corrected chi connectivity index (χ2v) is 5.95. The van der Waals surface area contributed by atoms with Crippen molar-refractivity contribution in [3.8, 4) is 0 Å². The summed E-state index contributed by atoms with van der Waals surface area (Å²) in [5.74, 6) is -0.772. The maximum atomic E-state index is 12.7. The molecular formula is C17H31NO6. The zero-order valence-corrected chi connectivity index (χ0v) is 15.1. The van der Waals surface area contributed by atoms with Crippen molar-refractivity contribution in [3.63, 3.8) is 0 Å². The van der Waals surface area contributed by atoms with Crippen LogP contribution in [0.1, 0.15) is 27.2 Å². The first-order valence-corrected chi connectivity index (χ1v) is 8.74. The summed E-state index contributed by atoms with van der Waals surface area (Å²) in [7, 11) is 0. The van der Waals surface area contributed by atoms with E-state index in [1.165, 1.54) is 0 Å². The predicted octanol–water partition coefficient (Wildman–Crippen LogP) is 1.10. The minimum Gasteiger partial charge on any atom is -0.466 e. The lowest BCUT2D eigenvalue weighted by Crippen LogP contribution is -2.41. The first-order chi connectivity index (χ1) is 11.6. The molecule has 1 rings (SSSR count). The van der Waals surface area contributed by atoms with E-state index in [2.05, 4.69) is 0 Å². The Morgan fingerprint density at radius 3 is 1.92 bits per heavy atom. The summed E-state index contributed by atoms with van der Waals surface area (Å²) >= 11 is 0. The van der Waals surface area contributed by atoms with Crippen LogP contribution in [0.3, 0.4) is 0 Å². The highest BCUT2D eigenvalue weighted by Crippen LogP contribution is 2.16. The summed E-state index contributed by atoms with van der Waals surface area (Å²) in [6.45, 7) is 9.83. The standard InChI is InChI=1S/C17H31NO6/c1-4-24-17(20)15(3)13-14(2)16(19)18-5-7-21-9-11-23-12-10-22-8-6-18/h14-15H,4-13H2,1-3H3/t14-,15+/m1/s1. The van der Waals surface area contributed by atoms with Gasteiger partial charge in [-0.15, -0.1) is 0 Å². The molecule has 0 saturated carbocycles. The van der Waals surface area contributed by atoms with Gasteiger partial charge in [0.1, 0.15) is 0 Å². The lowest BCUT2D eigenvalue weighted by Gasteiger charge is -2.27. The van der Waals surface area contributed by atoms with E-state index >= 15 is 0 Å². The number of hydrogen-bond acceptors (Lipinski definition) is 6. The number of amides is 1. The molecule has 1 aliphatic heterocycles. The Morgan fingerprint density at radius 1 is 0.917 bits per heavy atom. The molecule has 0 aromatic rings. The van der Waals surface area contributed by atoms with E-state index in [1.54, 1.807) is 18.7 Å². The Morgan fingerprint density at radius 2 is 1.42 bits per heavy atom. The molecule has 0 bridgehead atoms. The van der Waals surface area contributed by atoms with Gasteiger partial charge in [0.05, 0.1) is 52.2 Å². The van der Waals surface area contributed by atoms with Crippen molar-refractivity contribution in [2.24, 2.45) is 11.8 Å². The summed E-state index contributed by atoms with van der Waals surface area (Å²) in [5, 5.41) is 0. The monoisotopic (exact) mass is 345 g/mol. The van der Waals surface area contributed by atoms with E-state index < -0.39 is 0 Å². The van der Waals surface area contributed by atoms with Crippen molar-refractivity contribution in [1.82, 2.24) is 4.90 Å². The van der Waals surface area contributed by atoms with Gasteiger partial charge in [0, 0.05) is 19.0 Å². The maximum absolute atomic E-state index is 12.7. The lowest BCUT2D eigenvalue weighted by atomic mass is 9.96. The molecule has 0 N–H and O–H groups in total. The highest BCUT2D eigenvalue weighted by molar-refractivity contribution is 5.80. The number of rotatable bonds is 5. The third-order valence-corrected chi connectivity index (χ3v) is 3.88. The van der Waals surface area contributed by atoms with Crippen LogP contribution in [0.4, 0.5) is 0 Å². The molecule has 1 aliphatic rings. The zero-order valence-electron chi connectivity index (χ0n) is 15.1. The van der Waals surface area contributed by atoms with E-state index in [0.29, 0.717) is 65.8 Å². The molecule has 1 fully saturated rings. The van der Waals surface area contributed by atoms with Crippen molar-refractivity contribution in [1.29, 1.82) is 0 Å². The maximum Gasteiger partial charge on any atom is 0.308 e. The second-order valence-electron chi connectivity index (χ2n) is 5.95. The lowest BCUT2D eigenvalue weighted by molar-refractivity contribution is -0.148. The van der Waals surface area contributed by atoms with Crippen LogP contribution in [0.5, 0.6) is 0 Å². The molecule has 7 heteroatoms. The van der Waals surface area contributed by atoms with Gasteiger partial charge < -0.3 is 23.8 Å². The smallest absolute Gasteiger partial charge is 0.308 e. The Balaban J connectivity index is 2.51. The molecule has 1 saturated heterocycles. The minimum absolute atomic E-state index is 0.0201. The van der Waals surface area contributed by atoms with Crippen LogP contribution < -0.4 is 0 Å². The van der Waals surface area contributed by atoms with E-state index in [4.69, 9.17) is 18.9 Å². The number of nitrogens with zero attached hydrogens (tertiary/aromatic N) is 1. The molecule has 24 heavy (non-hydrogen) atoms. The molecule has 7 nitrogen and oxygen atoms in total. The van der Waals surface area contributed by atoms with Crippen LogP contribution >= 0.6 is 0 Å². The molecule has 0 aromatic carbocycles. The SMILES string of the molecule is CCOC(=O)[C@@H](C)C[C@@H](C)C(=O)N1CCOCCOCCOCC1. The Hall–Kier alpha value is -1.18. The summed E-state index contributed by atoms with van der Waals surface area (Å²) < 4.78 is 21.3. The Bertz CT molecular complexity index is 364. The van der Waals surface area contributed by atoms with Crippen LogP contribution in [0.2, 0.25) is 0 Å². The molecule has 0 aliphatic carbocycles. The second kappa shape index (κ2) is 12.2. The molecule has 140 valence electrons. The van der Waals surface area contributed by atoms with Crippen LogP contribution in [0.15, 0.2) is 0 Å². The van der Waals surface area contributed by atoms with Gasteiger partial charge in [0.2, 0.25) is 5.91 Å². The molecule has 1 heterocycles. The van der Waals surface area contributed by atoms with E-state index in [9.17, 15) is 9.59 Å². The van der Waals surface area contributed by atoms with Crippen molar-refractivity contribution in [2.75, 3.05) is 59.3 Å². The van der Waals surface area contributed by atoms with Crippen LogP contribution in [0.25, 0.3) is 0 Å². The molecular weight excluding hydrogens is 314 g/mol. The van der Waals surface area contributed by atoms with Crippen molar-refractivity contribution >= 4 is 11.9 Å². The quantitative estimate of drug-likeness (QED) is 0.695. The summed E-state index contributed by atoms with van der Waals surface area (Å²) in [4.78, 5) is 26.2. The molecule has 2 atom stereocenters. The van der Waals surface area contributed by atoms with E-state index in [1.807, 2.05) is 6.92 Å². The average Bonchev–Trinajstić information content (AvgIpc) is 2.55. The Labute approximate surface area is 144 Å². The number of carbonyl (C=O) groups excluding carboxylic acids is 2. The molecule has 0 spiro atoms. The van der Waals surface area contributed by atoms with Crippen molar-refractivity contribution in [3.05, 3.63) is 0 Å². The summed E-state index contributed by atoms with van der Waals surface area (Å²) in [5.41, 5.74) is 0. The van der Waals surface area contributed by atoms with Gasteiger partial charge in [-0.1, -0.05) is 13.8 Å². The first-order valence-electron chi connectivity index (χ1n) is 8.74. The zero-order chi connectivity index (χ0) is 17.8. The number of hydrogen-bond donors (Lipinski definition) is 0. The van der Waals surface area contributed by atoms with Gasteiger partial charge in [0.25, 0.3) is 0 Å². The van der Waals surface area contributed by atoms with E-state index in [0.717, 1.165) is 0 Å². The average molecular weight is 345 g/mol. The van der Waals surface area contributed by atoms with E-state index in [-0.39, 0.29) is 23.7 Å². The van der Waals surface area contributed by atoms with Crippen molar-refractivity contribution in [2.45, 2.75) is 27.2 Å². The largest absolute Gasteiger partial charge is 0.466 e. The van der Waals surface area contributed by atoms with Crippen LogP contribution in [-0.2, 0) is 28.5 Å². The minimum atomic E-state index is -0.291. The molecule has 1 amide bonds. The highest BCUT2D eigenvalue weighted by Gasteiger charge is 2.25. The molecule has 0 radical (unpaired) electrons. The summed E-state index contributed by atoms with van der Waals surface area (Å²) in [6, 6.07) is 0. The molecule has 0 unspecified atom stereocenters. The van der Waals surface area contributed by atoms with Crippen LogP contribution in [0, 0.1) is 11.8 Å². The van der Waals surface area contributed by atoms with Gasteiger partial charge in [-0.3, -0.25) is 9.59 Å². The van der Waals surface area contributed by atoms with Gasteiger partial charge in [-0.25, -0.2) is 0 Å². The normalized spacial score (nSPS) is 20.4. The summed E-state index contributed by atoms with van der Waals surface area (Å²) in [6.07, 6.45) is 0.476. The fourth-order valence-corrected chi connectivity index (χ4v) is 2.55. The topological polar surface area (TPSA) is 74.3 Å². The third kappa shape index (κ3) is 8.08. The van der Waals surface area contributed by atoms with Gasteiger partial charge in [0.15, 0.2) is 0 Å². The van der Waals surface area contributed by atoms with Crippen molar-refractivity contribution < 1.29 is 28.5 Å². The Kier molecular flexibility index (Phi) is 10.6. The van der Waals surface area contributed by atoms with Gasteiger partial charge >= 0.3 is 5.97 Å². The fourth-order valence-electron chi connectivity index (χ4n) is 2.55. The fraction of sp³-hybridized carbons (Fsp3) is 0.882.